The minimum Gasteiger partial charge on any atom is -0.334 e. The van der Waals surface area contributed by atoms with Crippen LogP contribution < -0.4 is 5.73 Å². The number of nitrogens with zero attached hydrogens (tertiary/aromatic N) is 2. The molecule has 0 aliphatic rings. The van der Waals surface area contributed by atoms with Gasteiger partial charge in [-0.25, -0.2) is 0 Å². The predicted octanol–water partition coefficient (Wildman–Crippen LogP) is 2.04. The number of carbonyl (C=O) groups is 3. The van der Waals surface area contributed by atoms with Gasteiger partial charge in [0.25, 0.3) is 0 Å². The van der Waals surface area contributed by atoms with Gasteiger partial charge in [-0.1, -0.05) is 60.7 Å². The standard InChI is InChI=1S/C23H29N3O3/c1-19(28)26(18-23(29)25(15-16-27)14-8-13-24)17-22(20-9-4-2-5-10-20)21-11-6-3-7-12-21/h2-7,9-12,16,22H,8,13-15,17-18,24H2,1H3. The Morgan fingerprint density at radius 1 is 0.966 bits per heavy atom. The largest absolute Gasteiger partial charge is 0.334 e. The van der Waals surface area contributed by atoms with E-state index in [0.29, 0.717) is 32.3 Å². The van der Waals surface area contributed by atoms with E-state index in [1.165, 1.54) is 11.8 Å². The van der Waals surface area contributed by atoms with Gasteiger partial charge in [0.15, 0.2) is 0 Å². The van der Waals surface area contributed by atoms with Crippen LogP contribution in [0.5, 0.6) is 0 Å². The second-order valence-corrected chi connectivity index (χ2v) is 6.92. The molecule has 0 bridgehead atoms. The fraction of sp³-hybridized carbons (Fsp3) is 0.348. The van der Waals surface area contributed by atoms with Crippen molar-refractivity contribution in [1.82, 2.24) is 9.80 Å². The van der Waals surface area contributed by atoms with Crippen molar-refractivity contribution in [2.75, 3.05) is 32.7 Å². The molecule has 0 unspecified atom stereocenters. The summed E-state index contributed by atoms with van der Waals surface area (Å²) in [7, 11) is 0. The fourth-order valence-corrected chi connectivity index (χ4v) is 3.25. The van der Waals surface area contributed by atoms with Gasteiger partial charge in [0.2, 0.25) is 11.8 Å². The summed E-state index contributed by atoms with van der Waals surface area (Å²) in [5, 5.41) is 0. The van der Waals surface area contributed by atoms with Crippen LogP contribution in [0.2, 0.25) is 0 Å². The molecule has 0 aliphatic carbocycles. The predicted molar refractivity (Wildman–Crippen MR) is 113 cm³/mol. The van der Waals surface area contributed by atoms with E-state index >= 15 is 0 Å². The van der Waals surface area contributed by atoms with E-state index in [1.54, 1.807) is 4.90 Å². The van der Waals surface area contributed by atoms with Gasteiger partial charge < -0.3 is 20.3 Å². The second kappa shape index (κ2) is 11.8. The first kappa shape index (κ1) is 22.3. The molecule has 0 aromatic heterocycles. The van der Waals surface area contributed by atoms with E-state index in [9.17, 15) is 14.4 Å². The number of aldehydes is 1. The molecule has 2 aromatic rings. The lowest BCUT2D eigenvalue weighted by molar-refractivity contribution is -0.140. The summed E-state index contributed by atoms with van der Waals surface area (Å²) >= 11 is 0. The average Bonchev–Trinajstić information content (AvgIpc) is 2.75. The van der Waals surface area contributed by atoms with Crippen LogP contribution in [0, 0.1) is 0 Å². The zero-order valence-electron chi connectivity index (χ0n) is 16.9. The Morgan fingerprint density at radius 2 is 1.52 bits per heavy atom. The van der Waals surface area contributed by atoms with Crippen LogP contribution in [0.3, 0.4) is 0 Å². The molecule has 0 saturated heterocycles. The molecule has 2 amide bonds. The van der Waals surface area contributed by atoms with E-state index in [0.717, 1.165) is 11.1 Å². The molecule has 0 radical (unpaired) electrons. The van der Waals surface area contributed by atoms with Crippen LogP contribution in [0.15, 0.2) is 60.7 Å². The van der Waals surface area contributed by atoms with Crippen LogP contribution in [-0.4, -0.2) is 60.6 Å². The van der Waals surface area contributed by atoms with E-state index < -0.39 is 0 Å². The molecule has 6 heteroatoms. The Hall–Kier alpha value is -2.99. The Morgan fingerprint density at radius 3 is 1.97 bits per heavy atom. The molecule has 2 aromatic carbocycles. The number of benzene rings is 2. The van der Waals surface area contributed by atoms with Gasteiger partial charge in [0.1, 0.15) is 6.29 Å². The highest BCUT2D eigenvalue weighted by Crippen LogP contribution is 2.25. The van der Waals surface area contributed by atoms with Crippen LogP contribution in [0.1, 0.15) is 30.4 Å². The van der Waals surface area contributed by atoms with E-state index in [4.69, 9.17) is 5.73 Å². The Balaban J connectivity index is 2.22. The molecule has 29 heavy (non-hydrogen) atoms. The number of amides is 2. The summed E-state index contributed by atoms with van der Waals surface area (Å²) in [6.07, 6.45) is 1.31. The molecule has 0 aliphatic heterocycles. The van der Waals surface area contributed by atoms with Crippen molar-refractivity contribution in [3.63, 3.8) is 0 Å². The Kier molecular flexibility index (Phi) is 9.05. The minimum absolute atomic E-state index is 0.00533. The smallest absolute Gasteiger partial charge is 0.242 e. The van der Waals surface area contributed by atoms with Gasteiger partial charge in [-0.15, -0.1) is 0 Å². The molecule has 6 nitrogen and oxygen atoms in total. The van der Waals surface area contributed by atoms with Crippen molar-refractivity contribution >= 4 is 18.1 Å². The summed E-state index contributed by atoms with van der Waals surface area (Å²) < 4.78 is 0. The molecule has 2 N–H and O–H groups in total. The summed E-state index contributed by atoms with van der Waals surface area (Å²) in [6, 6.07) is 19.9. The first-order chi connectivity index (χ1) is 14.1. The van der Waals surface area contributed by atoms with Crippen molar-refractivity contribution in [1.29, 1.82) is 0 Å². The lowest BCUT2D eigenvalue weighted by atomic mass is 9.90. The summed E-state index contributed by atoms with van der Waals surface area (Å²) in [4.78, 5) is 39.0. The van der Waals surface area contributed by atoms with Crippen molar-refractivity contribution in [2.45, 2.75) is 19.3 Å². The van der Waals surface area contributed by atoms with Gasteiger partial charge in [-0.05, 0) is 24.1 Å². The third-order valence-corrected chi connectivity index (χ3v) is 4.86. The third-order valence-electron chi connectivity index (χ3n) is 4.86. The lowest BCUT2D eigenvalue weighted by Crippen LogP contribution is -2.45. The molecule has 0 heterocycles. The van der Waals surface area contributed by atoms with Crippen LogP contribution >= 0.6 is 0 Å². The maximum absolute atomic E-state index is 12.7. The first-order valence-electron chi connectivity index (χ1n) is 9.83. The zero-order valence-corrected chi connectivity index (χ0v) is 16.9. The molecular weight excluding hydrogens is 366 g/mol. The van der Waals surface area contributed by atoms with Crippen molar-refractivity contribution < 1.29 is 14.4 Å². The maximum Gasteiger partial charge on any atom is 0.242 e. The molecule has 0 saturated carbocycles. The van der Waals surface area contributed by atoms with E-state index in [1.807, 2.05) is 60.7 Å². The van der Waals surface area contributed by atoms with Crippen LogP contribution in [0.25, 0.3) is 0 Å². The third kappa shape index (κ3) is 6.84. The normalized spacial score (nSPS) is 10.6. The molecule has 154 valence electrons. The van der Waals surface area contributed by atoms with E-state index in [-0.39, 0.29) is 30.8 Å². The Labute approximate surface area is 172 Å². The van der Waals surface area contributed by atoms with Crippen LogP contribution in [-0.2, 0) is 14.4 Å². The topological polar surface area (TPSA) is 83.7 Å². The summed E-state index contributed by atoms with van der Waals surface area (Å²) in [5.74, 6) is -0.488. The maximum atomic E-state index is 12.7. The van der Waals surface area contributed by atoms with Gasteiger partial charge in [0, 0.05) is 25.9 Å². The minimum atomic E-state index is -0.249. The van der Waals surface area contributed by atoms with Gasteiger partial charge in [-0.2, -0.15) is 0 Å². The number of hydrogen-bond acceptors (Lipinski definition) is 4. The van der Waals surface area contributed by atoms with Gasteiger partial charge >= 0.3 is 0 Å². The molecular formula is C23H29N3O3. The van der Waals surface area contributed by atoms with Crippen molar-refractivity contribution in [3.8, 4) is 0 Å². The molecule has 0 atom stereocenters. The fourth-order valence-electron chi connectivity index (χ4n) is 3.25. The quantitative estimate of drug-likeness (QED) is 0.590. The first-order valence-corrected chi connectivity index (χ1v) is 9.83. The number of hydrogen-bond donors (Lipinski definition) is 1. The second-order valence-electron chi connectivity index (χ2n) is 6.92. The Bertz CT molecular complexity index is 741. The van der Waals surface area contributed by atoms with Crippen LogP contribution in [0.4, 0.5) is 0 Å². The zero-order chi connectivity index (χ0) is 21.1. The summed E-state index contributed by atoms with van der Waals surface area (Å²) in [5.41, 5.74) is 7.68. The van der Waals surface area contributed by atoms with E-state index in [2.05, 4.69) is 0 Å². The molecule has 0 spiro atoms. The highest BCUT2D eigenvalue weighted by Gasteiger charge is 2.23. The number of rotatable bonds is 11. The average molecular weight is 396 g/mol. The number of nitrogens with two attached hydrogens (primary N) is 1. The highest BCUT2D eigenvalue weighted by atomic mass is 16.2. The van der Waals surface area contributed by atoms with Gasteiger partial charge in [0.05, 0.1) is 13.1 Å². The van der Waals surface area contributed by atoms with Gasteiger partial charge in [-0.3, -0.25) is 9.59 Å². The highest BCUT2D eigenvalue weighted by molar-refractivity contribution is 5.85. The number of carbonyl (C=O) groups excluding carboxylic acids is 3. The van der Waals surface area contributed by atoms with Crippen molar-refractivity contribution in [3.05, 3.63) is 71.8 Å². The SMILES string of the molecule is CC(=O)N(CC(=O)N(CC=O)CCCN)CC(c1ccccc1)c1ccccc1. The molecule has 0 fully saturated rings. The molecule has 2 rings (SSSR count). The lowest BCUT2D eigenvalue weighted by Gasteiger charge is -2.29. The van der Waals surface area contributed by atoms with Crippen molar-refractivity contribution in [2.24, 2.45) is 5.73 Å². The monoisotopic (exact) mass is 395 g/mol. The summed E-state index contributed by atoms with van der Waals surface area (Å²) in [6.45, 7) is 2.62.